The maximum Gasteiger partial charge on any atom is 0.320 e. The Labute approximate surface area is 105 Å². The lowest BCUT2D eigenvalue weighted by Crippen LogP contribution is -2.40. The van der Waals surface area contributed by atoms with Crippen molar-refractivity contribution in [2.24, 2.45) is 5.92 Å². The van der Waals surface area contributed by atoms with Crippen LogP contribution in [-0.4, -0.2) is 17.1 Å². The number of aliphatic carboxylic acids is 1. The normalized spacial score (nSPS) is 12.8. The standard InChI is InChI=1S/C12H15ClFNO2/c1-7(2)11(12(16)17)15-6-8-3-4-9(13)5-10(8)14/h3-5,7,11,15H,6H2,1-2H3,(H,16,17). The fraction of sp³-hybridized carbons (Fsp3) is 0.417. The number of benzene rings is 1. The molecule has 1 rings (SSSR count). The van der Waals surface area contributed by atoms with Crippen molar-refractivity contribution < 1.29 is 14.3 Å². The Morgan fingerprint density at radius 1 is 1.53 bits per heavy atom. The molecule has 0 saturated carbocycles. The summed E-state index contributed by atoms with van der Waals surface area (Å²) in [4.78, 5) is 10.9. The first-order chi connectivity index (χ1) is 7.91. The van der Waals surface area contributed by atoms with Gasteiger partial charge in [0.15, 0.2) is 0 Å². The molecule has 1 aromatic rings. The predicted molar refractivity (Wildman–Crippen MR) is 64.5 cm³/mol. The summed E-state index contributed by atoms with van der Waals surface area (Å²) >= 11 is 5.63. The third kappa shape index (κ3) is 3.98. The molecular formula is C12H15ClFNO2. The minimum Gasteiger partial charge on any atom is -0.480 e. The van der Waals surface area contributed by atoms with E-state index in [2.05, 4.69) is 5.32 Å². The maximum absolute atomic E-state index is 13.4. The van der Waals surface area contributed by atoms with Crippen LogP contribution >= 0.6 is 11.6 Å². The lowest BCUT2D eigenvalue weighted by Gasteiger charge is -2.18. The molecule has 1 aromatic carbocycles. The van der Waals surface area contributed by atoms with Gasteiger partial charge in [0.25, 0.3) is 0 Å². The van der Waals surface area contributed by atoms with Crippen LogP contribution in [0.4, 0.5) is 4.39 Å². The molecule has 1 unspecified atom stereocenters. The average Bonchev–Trinajstić information content (AvgIpc) is 2.20. The number of carboxylic acid groups (broad SMARTS) is 1. The van der Waals surface area contributed by atoms with Crippen LogP contribution in [0, 0.1) is 11.7 Å². The third-order valence-corrected chi connectivity index (χ3v) is 2.70. The number of hydrogen-bond acceptors (Lipinski definition) is 2. The van der Waals surface area contributed by atoms with Crippen molar-refractivity contribution in [2.75, 3.05) is 0 Å². The summed E-state index contributed by atoms with van der Waals surface area (Å²) < 4.78 is 13.4. The van der Waals surface area contributed by atoms with Crippen LogP contribution in [0.2, 0.25) is 5.02 Å². The van der Waals surface area contributed by atoms with E-state index in [4.69, 9.17) is 16.7 Å². The molecule has 5 heteroatoms. The zero-order chi connectivity index (χ0) is 13.0. The van der Waals surface area contributed by atoms with Gasteiger partial charge >= 0.3 is 5.97 Å². The minimum absolute atomic E-state index is 0.0668. The average molecular weight is 260 g/mol. The molecule has 2 N–H and O–H groups in total. The van der Waals surface area contributed by atoms with Gasteiger partial charge in [0.2, 0.25) is 0 Å². The quantitative estimate of drug-likeness (QED) is 0.855. The van der Waals surface area contributed by atoms with Crippen molar-refractivity contribution in [1.29, 1.82) is 0 Å². The van der Waals surface area contributed by atoms with Crippen molar-refractivity contribution in [3.8, 4) is 0 Å². The van der Waals surface area contributed by atoms with E-state index in [1.54, 1.807) is 26.0 Å². The summed E-state index contributed by atoms with van der Waals surface area (Å²) in [5.74, 6) is -1.44. The molecule has 0 saturated heterocycles. The lowest BCUT2D eigenvalue weighted by molar-refractivity contribution is -0.140. The molecule has 0 amide bonds. The molecule has 0 aliphatic heterocycles. The second-order valence-corrected chi connectivity index (χ2v) is 4.61. The maximum atomic E-state index is 13.4. The molecule has 0 spiro atoms. The van der Waals surface area contributed by atoms with Crippen molar-refractivity contribution in [2.45, 2.75) is 26.4 Å². The Balaban J connectivity index is 2.69. The van der Waals surface area contributed by atoms with E-state index >= 15 is 0 Å². The first-order valence-corrected chi connectivity index (χ1v) is 5.69. The van der Waals surface area contributed by atoms with Crippen molar-refractivity contribution in [3.05, 3.63) is 34.6 Å². The highest BCUT2D eigenvalue weighted by Gasteiger charge is 2.20. The summed E-state index contributed by atoms with van der Waals surface area (Å²) in [5, 5.41) is 12.1. The van der Waals surface area contributed by atoms with Gasteiger partial charge in [-0.15, -0.1) is 0 Å². The number of halogens is 2. The first kappa shape index (κ1) is 13.9. The zero-order valence-electron chi connectivity index (χ0n) is 9.71. The number of carboxylic acids is 1. The van der Waals surface area contributed by atoms with Gasteiger partial charge in [0, 0.05) is 17.1 Å². The summed E-state index contributed by atoms with van der Waals surface area (Å²) in [6.07, 6.45) is 0. The summed E-state index contributed by atoms with van der Waals surface area (Å²) in [6.45, 7) is 3.76. The number of hydrogen-bond donors (Lipinski definition) is 2. The highest BCUT2D eigenvalue weighted by Crippen LogP contribution is 2.15. The van der Waals surface area contributed by atoms with E-state index < -0.39 is 17.8 Å². The van der Waals surface area contributed by atoms with Crippen LogP contribution in [0.3, 0.4) is 0 Å². The highest BCUT2D eigenvalue weighted by molar-refractivity contribution is 6.30. The van der Waals surface area contributed by atoms with E-state index in [-0.39, 0.29) is 12.5 Å². The fourth-order valence-corrected chi connectivity index (χ4v) is 1.65. The predicted octanol–water partition coefficient (Wildman–Crippen LogP) is 2.68. The van der Waals surface area contributed by atoms with Gasteiger partial charge in [-0.2, -0.15) is 0 Å². The number of carbonyl (C=O) groups is 1. The Hall–Kier alpha value is -1.13. The fourth-order valence-electron chi connectivity index (χ4n) is 1.49. The molecule has 0 aliphatic rings. The van der Waals surface area contributed by atoms with E-state index in [0.717, 1.165) is 0 Å². The summed E-state index contributed by atoms with van der Waals surface area (Å²) in [6, 6.07) is 3.64. The molecule has 0 aromatic heterocycles. The number of nitrogens with one attached hydrogen (secondary N) is 1. The Bertz CT molecular complexity index is 409. The second kappa shape index (κ2) is 5.98. The topological polar surface area (TPSA) is 49.3 Å². The minimum atomic E-state index is -0.936. The van der Waals surface area contributed by atoms with Gasteiger partial charge in [-0.3, -0.25) is 10.1 Å². The Morgan fingerprint density at radius 3 is 2.65 bits per heavy atom. The highest BCUT2D eigenvalue weighted by atomic mass is 35.5. The third-order valence-electron chi connectivity index (χ3n) is 2.46. The SMILES string of the molecule is CC(C)C(NCc1ccc(Cl)cc1F)C(=O)O. The molecular weight excluding hydrogens is 245 g/mol. The first-order valence-electron chi connectivity index (χ1n) is 5.32. The molecule has 17 heavy (non-hydrogen) atoms. The lowest BCUT2D eigenvalue weighted by atomic mass is 10.0. The molecule has 1 atom stereocenters. The van der Waals surface area contributed by atoms with Gasteiger partial charge in [0.05, 0.1) is 0 Å². The van der Waals surface area contributed by atoms with Crippen molar-refractivity contribution >= 4 is 17.6 Å². The van der Waals surface area contributed by atoms with Gasteiger partial charge in [-0.25, -0.2) is 4.39 Å². The molecule has 0 bridgehead atoms. The van der Waals surface area contributed by atoms with Crippen molar-refractivity contribution in [1.82, 2.24) is 5.32 Å². The summed E-state index contributed by atoms with van der Waals surface area (Å²) in [7, 11) is 0. The van der Waals surface area contributed by atoms with Gasteiger partial charge in [-0.05, 0) is 18.1 Å². The monoisotopic (exact) mass is 259 g/mol. The van der Waals surface area contributed by atoms with Gasteiger partial charge < -0.3 is 5.11 Å². The molecule has 0 aliphatic carbocycles. The van der Waals surface area contributed by atoms with Gasteiger partial charge in [0.1, 0.15) is 11.9 Å². The van der Waals surface area contributed by atoms with E-state index in [0.29, 0.717) is 10.6 Å². The molecule has 0 fully saturated rings. The summed E-state index contributed by atoms with van der Waals surface area (Å²) in [5.41, 5.74) is 0.404. The Morgan fingerprint density at radius 2 is 2.18 bits per heavy atom. The van der Waals surface area contributed by atoms with E-state index in [1.165, 1.54) is 6.07 Å². The smallest absolute Gasteiger partial charge is 0.320 e. The van der Waals surface area contributed by atoms with Crippen LogP contribution in [0.25, 0.3) is 0 Å². The van der Waals surface area contributed by atoms with Crippen LogP contribution in [-0.2, 0) is 11.3 Å². The van der Waals surface area contributed by atoms with Gasteiger partial charge in [-0.1, -0.05) is 31.5 Å². The van der Waals surface area contributed by atoms with E-state index in [1.807, 2.05) is 0 Å². The largest absolute Gasteiger partial charge is 0.480 e. The molecule has 3 nitrogen and oxygen atoms in total. The van der Waals surface area contributed by atoms with E-state index in [9.17, 15) is 9.18 Å². The molecule has 94 valence electrons. The van der Waals surface area contributed by atoms with Crippen molar-refractivity contribution in [3.63, 3.8) is 0 Å². The zero-order valence-corrected chi connectivity index (χ0v) is 10.5. The molecule has 0 heterocycles. The van der Waals surface area contributed by atoms with Crippen LogP contribution in [0.15, 0.2) is 18.2 Å². The van der Waals surface area contributed by atoms with Crippen LogP contribution < -0.4 is 5.32 Å². The Kier molecular flexibility index (Phi) is 4.90. The van der Waals surface area contributed by atoms with Crippen LogP contribution in [0.5, 0.6) is 0 Å². The van der Waals surface area contributed by atoms with Crippen LogP contribution in [0.1, 0.15) is 19.4 Å². The second-order valence-electron chi connectivity index (χ2n) is 4.18. The molecule has 0 radical (unpaired) electrons. The number of rotatable bonds is 5.